The summed E-state index contributed by atoms with van der Waals surface area (Å²) in [6.07, 6.45) is 5.18. The maximum absolute atomic E-state index is 13.1. The van der Waals surface area contributed by atoms with Gasteiger partial charge in [0.2, 0.25) is 0 Å². The number of likely N-dealkylation sites (N-methyl/N-ethyl adjacent to an activating group) is 1. The van der Waals surface area contributed by atoms with Crippen LogP contribution in [0.25, 0.3) is 22.0 Å². The Morgan fingerprint density at radius 2 is 1.74 bits per heavy atom. The number of fused-ring (bicyclic) bond motifs is 1. The van der Waals surface area contributed by atoms with Crippen LogP contribution < -0.4 is 4.90 Å². The summed E-state index contributed by atoms with van der Waals surface area (Å²) in [5.74, 6) is 0.767. The molecule has 0 spiro atoms. The molecule has 0 amide bonds. The number of carbonyl (C=O) groups excluding carboxylic acids is 1. The van der Waals surface area contributed by atoms with E-state index >= 15 is 0 Å². The van der Waals surface area contributed by atoms with Crippen molar-refractivity contribution < 1.29 is 13.6 Å². The molecular weight excluding hydrogens is 450 g/mol. The fourth-order valence-electron chi connectivity index (χ4n) is 4.12. The standard InChI is InChI=1S/C26H24F2N6O/c1-33-4-6-34(7-5-33)25-11-17(2-3-30-25)24(35)12-22-9-18-10-23(32-16-21(18)15-31-22)19-8-20(26(27)28)14-29-13-19/h2-3,8-11,13-16,26H,4-7,12H2,1H3. The van der Waals surface area contributed by atoms with E-state index in [2.05, 4.69) is 36.8 Å². The first-order valence-electron chi connectivity index (χ1n) is 11.4. The number of alkyl halides is 2. The molecule has 0 unspecified atom stereocenters. The van der Waals surface area contributed by atoms with E-state index in [1.54, 1.807) is 30.7 Å². The summed E-state index contributed by atoms with van der Waals surface area (Å²) in [4.78, 5) is 34.7. The minimum absolute atomic E-state index is 0.0438. The first-order chi connectivity index (χ1) is 17.0. The van der Waals surface area contributed by atoms with Gasteiger partial charge in [-0.3, -0.25) is 19.7 Å². The second kappa shape index (κ2) is 9.79. The highest BCUT2D eigenvalue weighted by atomic mass is 19.3. The number of hydrogen-bond acceptors (Lipinski definition) is 7. The molecule has 4 aromatic heterocycles. The largest absolute Gasteiger partial charge is 0.354 e. The zero-order valence-electron chi connectivity index (χ0n) is 19.2. The van der Waals surface area contributed by atoms with E-state index in [0.29, 0.717) is 22.5 Å². The van der Waals surface area contributed by atoms with Crippen molar-refractivity contribution in [1.29, 1.82) is 0 Å². The Labute approximate surface area is 201 Å². The van der Waals surface area contributed by atoms with Gasteiger partial charge in [0.25, 0.3) is 6.43 Å². The zero-order valence-corrected chi connectivity index (χ0v) is 19.2. The van der Waals surface area contributed by atoms with Crippen molar-refractivity contribution in [3.8, 4) is 11.3 Å². The van der Waals surface area contributed by atoms with E-state index in [4.69, 9.17) is 0 Å². The molecule has 1 fully saturated rings. The van der Waals surface area contributed by atoms with E-state index in [1.165, 1.54) is 12.3 Å². The number of piperazine rings is 1. The van der Waals surface area contributed by atoms with Crippen LogP contribution in [0.2, 0.25) is 0 Å². The van der Waals surface area contributed by atoms with Crippen LogP contribution in [0.5, 0.6) is 0 Å². The fraction of sp³-hybridized carbons (Fsp3) is 0.269. The number of anilines is 1. The average Bonchev–Trinajstić information content (AvgIpc) is 2.89. The van der Waals surface area contributed by atoms with Crippen molar-refractivity contribution in [2.24, 2.45) is 0 Å². The van der Waals surface area contributed by atoms with Crippen molar-refractivity contribution >= 4 is 22.4 Å². The molecule has 9 heteroatoms. The monoisotopic (exact) mass is 474 g/mol. The fourth-order valence-corrected chi connectivity index (χ4v) is 4.12. The molecule has 1 aliphatic heterocycles. The molecule has 1 saturated heterocycles. The van der Waals surface area contributed by atoms with Crippen molar-refractivity contribution in [1.82, 2.24) is 24.8 Å². The van der Waals surface area contributed by atoms with Crippen LogP contribution in [0.3, 0.4) is 0 Å². The maximum atomic E-state index is 13.1. The third kappa shape index (κ3) is 5.14. The van der Waals surface area contributed by atoms with Gasteiger partial charge in [-0.15, -0.1) is 0 Å². The maximum Gasteiger partial charge on any atom is 0.265 e. The number of halogens is 2. The average molecular weight is 475 g/mol. The molecule has 5 heterocycles. The Bertz CT molecular complexity index is 1370. The number of hydrogen-bond donors (Lipinski definition) is 0. The van der Waals surface area contributed by atoms with Gasteiger partial charge >= 0.3 is 0 Å². The summed E-state index contributed by atoms with van der Waals surface area (Å²) < 4.78 is 26.1. The molecule has 7 nitrogen and oxygen atoms in total. The van der Waals surface area contributed by atoms with Crippen LogP contribution >= 0.6 is 0 Å². The summed E-state index contributed by atoms with van der Waals surface area (Å²) in [7, 11) is 2.09. The molecule has 0 saturated carbocycles. The van der Waals surface area contributed by atoms with Crippen LogP contribution in [0.1, 0.15) is 28.0 Å². The van der Waals surface area contributed by atoms with Gasteiger partial charge in [-0.2, -0.15) is 0 Å². The Balaban J connectivity index is 1.36. The minimum atomic E-state index is -2.60. The number of aromatic nitrogens is 4. The Morgan fingerprint density at radius 1 is 0.943 bits per heavy atom. The first kappa shape index (κ1) is 22.9. The van der Waals surface area contributed by atoms with Gasteiger partial charge in [0.05, 0.1) is 12.1 Å². The van der Waals surface area contributed by atoms with Gasteiger partial charge in [0.15, 0.2) is 5.78 Å². The molecule has 0 bridgehead atoms. The number of carbonyl (C=O) groups is 1. The lowest BCUT2D eigenvalue weighted by molar-refractivity contribution is 0.0992. The van der Waals surface area contributed by atoms with Gasteiger partial charge < -0.3 is 9.80 Å². The molecule has 1 aliphatic rings. The lowest BCUT2D eigenvalue weighted by Crippen LogP contribution is -2.44. The van der Waals surface area contributed by atoms with E-state index in [-0.39, 0.29) is 17.8 Å². The van der Waals surface area contributed by atoms with E-state index < -0.39 is 6.43 Å². The van der Waals surface area contributed by atoms with Gasteiger partial charge in [0.1, 0.15) is 5.82 Å². The highest BCUT2D eigenvalue weighted by Gasteiger charge is 2.17. The molecule has 0 radical (unpaired) electrons. The molecule has 5 rings (SSSR count). The first-order valence-corrected chi connectivity index (χ1v) is 11.4. The lowest BCUT2D eigenvalue weighted by Gasteiger charge is -2.33. The predicted molar refractivity (Wildman–Crippen MR) is 130 cm³/mol. The third-order valence-corrected chi connectivity index (χ3v) is 6.20. The van der Waals surface area contributed by atoms with Crippen LogP contribution in [-0.2, 0) is 6.42 Å². The highest BCUT2D eigenvalue weighted by molar-refractivity contribution is 5.98. The second-order valence-corrected chi connectivity index (χ2v) is 8.69. The topological polar surface area (TPSA) is 75.1 Å². The Morgan fingerprint density at radius 3 is 2.54 bits per heavy atom. The zero-order chi connectivity index (χ0) is 24.4. The van der Waals surface area contributed by atoms with Gasteiger partial charge in [0, 0.05) is 84.9 Å². The minimum Gasteiger partial charge on any atom is -0.354 e. The van der Waals surface area contributed by atoms with Gasteiger partial charge in [-0.25, -0.2) is 13.8 Å². The number of ketones is 1. The van der Waals surface area contributed by atoms with Crippen LogP contribution in [-0.4, -0.2) is 63.8 Å². The molecule has 0 aliphatic carbocycles. The molecular formula is C26H24F2N6O. The second-order valence-electron chi connectivity index (χ2n) is 8.69. The van der Waals surface area contributed by atoms with E-state index in [9.17, 15) is 13.6 Å². The van der Waals surface area contributed by atoms with Gasteiger partial charge in [-0.1, -0.05) is 0 Å². The summed E-state index contributed by atoms with van der Waals surface area (Å²) >= 11 is 0. The van der Waals surface area contributed by atoms with Crippen LogP contribution in [0.15, 0.2) is 61.3 Å². The number of nitrogens with zero attached hydrogens (tertiary/aromatic N) is 6. The SMILES string of the molecule is CN1CCN(c2cc(C(=O)Cc3cc4cc(-c5cncc(C(F)F)c5)ncc4cn3)ccn2)CC1. The molecule has 0 aromatic carbocycles. The number of pyridine rings is 4. The summed E-state index contributed by atoms with van der Waals surface area (Å²) in [6.45, 7) is 3.67. The summed E-state index contributed by atoms with van der Waals surface area (Å²) in [5, 5.41) is 1.62. The number of rotatable bonds is 6. The molecule has 35 heavy (non-hydrogen) atoms. The van der Waals surface area contributed by atoms with E-state index in [1.807, 2.05) is 12.1 Å². The quantitative estimate of drug-likeness (QED) is 0.388. The van der Waals surface area contributed by atoms with Crippen LogP contribution in [0, 0.1) is 0 Å². The van der Waals surface area contributed by atoms with Crippen LogP contribution in [0.4, 0.5) is 14.6 Å². The number of Topliss-reactive ketones (excluding diaryl/α,β-unsaturated/α-hetero) is 1. The highest BCUT2D eigenvalue weighted by Crippen LogP contribution is 2.26. The summed E-state index contributed by atoms with van der Waals surface area (Å²) in [6, 6.07) is 8.60. The smallest absolute Gasteiger partial charge is 0.265 e. The Kier molecular flexibility index (Phi) is 6.41. The molecule has 178 valence electrons. The predicted octanol–water partition coefficient (Wildman–Crippen LogP) is 4.20. The van der Waals surface area contributed by atoms with Crippen molar-refractivity contribution in [2.45, 2.75) is 12.8 Å². The third-order valence-electron chi connectivity index (χ3n) is 6.20. The Hall–Kier alpha value is -3.85. The van der Waals surface area contributed by atoms with Crippen molar-refractivity contribution in [3.05, 3.63) is 78.1 Å². The molecule has 4 aromatic rings. The van der Waals surface area contributed by atoms with Crippen molar-refractivity contribution in [3.63, 3.8) is 0 Å². The van der Waals surface area contributed by atoms with Gasteiger partial charge in [-0.05, 0) is 42.8 Å². The molecule has 0 N–H and O–H groups in total. The van der Waals surface area contributed by atoms with Crippen molar-refractivity contribution in [2.75, 3.05) is 38.1 Å². The summed E-state index contributed by atoms with van der Waals surface area (Å²) in [5.41, 5.74) is 2.10. The molecule has 0 atom stereocenters. The normalized spacial score (nSPS) is 14.6. The lowest BCUT2D eigenvalue weighted by atomic mass is 10.0. The van der Waals surface area contributed by atoms with E-state index in [0.717, 1.165) is 49.0 Å².